The Bertz CT molecular complexity index is 497. The first kappa shape index (κ1) is 14.2. The van der Waals surface area contributed by atoms with Crippen LogP contribution in [0, 0.1) is 0 Å². The average molecular weight is 281 g/mol. The topological polar surface area (TPSA) is 28.2 Å². The fraction of sp³-hybridized carbons (Fsp3) is 0.389. The Morgan fingerprint density at radius 2 is 1.90 bits per heavy atom. The highest BCUT2D eigenvalue weighted by molar-refractivity contribution is 5.28. The predicted molar refractivity (Wildman–Crippen MR) is 86.2 cm³/mol. The Kier molecular flexibility index (Phi) is 4.63. The highest BCUT2D eigenvalue weighted by Crippen LogP contribution is 2.30. The molecule has 2 aromatic rings. The normalized spacial score (nSPS) is 16.7. The highest BCUT2D eigenvalue weighted by atomic mass is 15.3. The van der Waals surface area contributed by atoms with Gasteiger partial charge in [0.05, 0.1) is 11.7 Å². The van der Waals surface area contributed by atoms with Gasteiger partial charge >= 0.3 is 0 Å². The first-order chi connectivity index (χ1) is 10.4. The van der Waals surface area contributed by atoms with Crippen LogP contribution in [-0.4, -0.2) is 35.6 Å². The molecule has 0 bridgehead atoms. The summed E-state index contributed by atoms with van der Waals surface area (Å²) in [6.45, 7) is 5.51. The zero-order valence-electron chi connectivity index (χ0n) is 12.6. The molecule has 1 unspecified atom stereocenters. The van der Waals surface area contributed by atoms with E-state index in [0.717, 1.165) is 31.7 Å². The van der Waals surface area contributed by atoms with Gasteiger partial charge in [-0.1, -0.05) is 43.3 Å². The smallest absolute Gasteiger partial charge is 0.0779 e. The van der Waals surface area contributed by atoms with E-state index in [-0.39, 0.29) is 6.04 Å². The third kappa shape index (κ3) is 3.14. The molecule has 1 aromatic carbocycles. The van der Waals surface area contributed by atoms with E-state index >= 15 is 0 Å². The van der Waals surface area contributed by atoms with Gasteiger partial charge in [-0.25, -0.2) is 0 Å². The van der Waals surface area contributed by atoms with Crippen LogP contribution in [-0.2, 0) is 0 Å². The van der Waals surface area contributed by atoms with Gasteiger partial charge in [-0.15, -0.1) is 0 Å². The number of pyridine rings is 1. The summed E-state index contributed by atoms with van der Waals surface area (Å²) in [7, 11) is 0. The maximum atomic E-state index is 4.64. The number of hydrogen-bond acceptors (Lipinski definition) is 3. The van der Waals surface area contributed by atoms with E-state index in [9.17, 15) is 0 Å². The molecule has 1 aromatic heterocycles. The summed E-state index contributed by atoms with van der Waals surface area (Å²) in [5, 5.41) is 3.40. The molecule has 1 aliphatic heterocycles. The van der Waals surface area contributed by atoms with Crippen molar-refractivity contribution in [3.63, 3.8) is 0 Å². The molecule has 1 saturated heterocycles. The van der Waals surface area contributed by atoms with E-state index in [1.54, 1.807) is 0 Å². The molecular weight excluding hydrogens is 258 g/mol. The Balaban J connectivity index is 1.98. The Labute approximate surface area is 127 Å². The van der Waals surface area contributed by atoms with Crippen molar-refractivity contribution in [1.82, 2.24) is 15.2 Å². The van der Waals surface area contributed by atoms with Crippen LogP contribution in [0.4, 0.5) is 0 Å². The number of nitrogens with one attached hydrogen (secondary N) is 1. The van der Waals surface area contributed by atoms with Crippen molar-refractivity contribution in [3.8, 4) is 0 Å². The minimum absolute atomic E-state index is 0.249. The number of hydrogen-bond donors (Lipinski definition) is 1. The van der Waals surface area contributed by atoms with Gasteiger partial charge < -0.3 is 5.32 Å². The van der Waals surface area contributed by atoms with E-state index in [0.29, 0.717) is 6.04 Å². The summed E-state index contributed by atoms with van der Waals surface area (Å²) in [6, 6.07) is 17.8. The molecule has 110 valence electrons. The molecule has 3 nitrogen and oxygen atoms in total. The van der Waals surface area contributed by atoms with Crippen LogP contribution in [0.15, 0.2) is 54.7 Å². The molecule has 21 heavy (non-hydrogen) atoms. The monoisotopic (exact) mass is 281 g/mol. The first-order valence-electron chi connectivity index (χ1n) is 7.82. The van der Waals surface area contributed by atoms with Crippen LogP contribution in [0.2, 0.25) is 0 Å². The van der Waals surface area contributed by atoms with Crippen LogP contribution in [0.25, 0.3) is 0 Å². The second kappa shape index (κ2) is 6.83. The average Bonchev–Trinajstić information content (AvgIpc) is 2.48. The second-order valence-electron chi connectivity index (χ2n) is 5.62. The summed E-state index contributed by atoms with van der Waals surface area (Å²) >= 11 is 0. The van der Waals surface area contributed by atoms with E-state index in [2.05, 4.69) is 64.6 Å². The molecule has 3 heteroatoms. The molecule has 0 radical (unpaired) electrons. The van der Waals surface area contributed by atoms with Gasteiger partial charge in [0.25, 0.3) is 0 Å². The molecule has 1 fully saturated rings. The van der Waals surface area contributed by atoms with Crippen LogP contribution in [0.5, 0.6) is 0 Å². The molecule has 2 heterocycles. The van der Waals surface area contributed by atoms with Gasteiger partial charge in [0.1, 0.15) is 0 Å². The van der Waals surface area contributed by atoms with Gasteiger partial charge in [-0.2, -0.15) is 0 Å². The van der Waals surface area contributed by atoms with Crippen molar-refractivity contribution in [2.75, 3.05) is 19.6 Å². The molecule has 1 N–H and O–H groups in total. The Morgan fingerprint density at radius 1 is 1.14 bits per heavy atom. The molecule has 0 amide bonds. The lowest BCUT2D eigenvalue weighted by atomic mass is 9.97. The fourth-order valence-corrected chi connectivity index (χ4v) is 2.99. The number of rotatable bonds is 6. The van der Waals surface area contributed by atoms with Crippen molar-refractivity contribution in [2.45, 2.75) is 25.4 Å². The third-order valence-corrected chi connectivity index (χ3v) is 4.13. The summed E-state index contributed by atoms with van der Waals surface area (Å²) in [5.74, 6) is 0. The summed E-state index contributed by atoms with van der Waals surface area (Å²) in [5.41, 5.74) is 2.47. The van der Waals surface area contributed by atoms with Crippen molar-refractivity contribution in [3.05, 3.63) is 66.0 Å². The third-order valence-electron chi connectivity index (χ3n) is 4.13. The van der Waals surface area contributed by atoms with Gasteiger partial charge in [0, 0.05) is 25.3 Å². The lowest BCUT2D eigenvalue weighted by molar-refractivity contribution is 0.110. The van der Waals surface area contributed by atoms with E-state index < -0.39 is 0 Å². The molecule has 0 aliphatic carbocycles. The zero-order chi connectivity index (χ0) is 14.5. The molecular formula is C18H23N3. The largest absolute Gasteiger partial charge is 0.314 e. The van der Waals surface area contributed by atoms with Crippen molar-refractivity contribution >= 4 is 0 Å². The quantitative estimate of drug-likeness (QED) is 0.882. The number of nitrogens with zero attached hydrogens (tertiary/aromatic N) is 2. The first-order valence-corrected chi connectivity index (χ1v) is 7.82. The Hall–Kier alpha value is -1.71. The van der Waals surface area contributed by atoms with Gasteiger partial charge in [0.15, 0.2) is 0 Å². The number of aromatic nitrogens is 1. The van der Waals surface area contributed by atoms with Crippen LogP contribution in [0.3, 0.4) is 0 Å². The predicted octanol–water partition coefficient (Wildman–Crippen LogP) is 2.85. The van der Waals surface area contributed by atoms with Crippen molar-refractivity contribution < 1.29 is 0 Å². The molecule has 0 spiro atoms. The summed E-state index contributed by atoms with van der Waals surface area (Å²) in [4.78, 5) is 7.24. The fourth-order valence-electron chi connectivity index (χ4n) is 2.99. The van der Waals surface area contributed by atoms with E-state index in [4.69, 9.17) is 0 Å². The highest BCUT2D eigenvalue weighted by Gasteiger charge is 2.32. The lowest BCUT2D eigenvalue weighted by Crippen LogP contribution is -2.58. The van der Waals surface area contributed by atoms with Crippen LogP contribution < -0.4 is 5.32 Å². The minimum Gasteiger partial charge on any atom is -0.314 e. The standard InChI is InChI=1S/C18H23N3/c1-2-12-21(16-13-19-14-16)18(15-8-4-3-5-9-15)17-10-6-7-11-20-17/h3-11,16,18-19H,2,12-14H2,1H3. The Morgan fingerprint density at radius 3 is 2.48 bits per heavy atom. The van der Waals surface area contributed by atoms with Crippen molar-refractivity contribution in [2.24, 2.45) is 0 Å². The SMILES string of the molecule is CCCN(C1CNC1)C(c1ccccc1)c1ccccn1. The van der Waals surface area contributed by atoms with E-state index in [1.165, 1.54) is 5.56 Å². The summed E-state index contributed by atoms with van der Waals surface area (Å²) < 4.78 is 0. The maximum Gasteiger partial charge on any atom is 0.0779 e. The van der Waals surface area contributed by atoms with Gasteiger partial charge in [-0.3, -0.25) is 9.88 Å². The molecule has 1 atom stereocenters. The van der Waals surface area contributed by atoms with Gasteiger partial charge in [0.2, 0.25) is 0 Å². The molecule has 3 rings (SSSR count). The number of benzene rings is 1. The van der Waals surface area contributed by atoms with Gasteiger partial charge in [-0.05, 0) is 30.7 Å². The molecule has 1 aliphatic rings. The van der Waals surface area contributed by atoms with Crippen molar-refractivity contribution in [1.29, 1.82) is 0 Å². The van der Waals surface area contributed by atoms with E-state index in [1.807, 2.05) is 12.3 Å². The molecule has 0 saturated carbocycles. The maximum absolute atomic E-state index is 4.64. The summed E-state index contributed by atoms with van der Waals surface area (Å²) in [6.07, 6.45) is 3.06. The zero-order valence-corrected chi connectivity index (χ0v) is 12.6. The minimum atomic E-state index is 0.249. The lowest BCUT2D eigenvalue weighted by Gasteiger charge is -2.43. The van der Waals surface area contributed by atoms with Crippen LogP contribution >= 0.6 is 0 Å². The second-order valence-corrected chi connectivity index (χ2v) is 5.62. The van der Waals surface area contributed by atoms with Crippen LogP contribution in [0.1, 0.15) is 30.6 Å².